The van der Waals surface area contributed by atoms with Gasteiger partial charge in [0.05, 0.1) is 51.9 Å². The fourth-order valence-corrected chi connectivity index (χ4v) is 5.57. The van der Waals surface area contributed by atoms with E-state index in [1.807, 2.05) is 45.0 Å². The fraction of sp³-hybridized carbons (Fsp3) is 0.560. The summed E-state index contributed by atoms with van der Waals surface area (Å²) < 4.78 is 6.66. The summed E-state index contributed by atoms with van der Waals surface area (Å²) in [7, 11) is 0. The summed E-state index contributed by atoms with van der Waals surface area (Å²) in [5.41, 5.74) is 1.26. The van der Waals surface area contributed by atoms with E-state index in [9.17, 15) is 15.3 Å². The summed E-state index contributed by atoms with van der Waals surface area (Å²) >= 11 is 1.55. The van der Waals surface area contributed by atoms with Crippen molar-refractivity contribution in [2.45, 2.75) is 71.0 Å². The van der Waals surface area contributed by atoms with Crippen molar-refractivity contribution >= 4 is 33.3 Å². The van der Waals surface area contributed by atoms with Crippen molar-refractivity contribution in [2.75, 3.05) is 23.8 Å². The van der Waals surface area contributed by atoms with Gasteiger partial charge in [-0.3, -0.25) is 0 Å². The monoisotopic (exact) mass is 501 g/mol. The Hall–Kier alpha value is -2.37. The zero-order valence-electron chi connectivity index (χ0n) is 20.8. The van der Waals surface area contributed by atoms with Crippen molar-refractivity contribution < 1.29 is 20.1 Å². The third-order valence-electron chi connectivity index (χ3n) is 6.35. The lowest BCUT2D eigenvalue weighted by Crippen LogP contribution is -2.40. The number of nitrogens with one attached hydrogen (secondary N) is 2. The number of thiazole rings is 1. The molecule has 0 bridgehead atoms. The van der Waals surface area contributed by atoms with E-state index in [-0.39, 0.29) is 6.10 Å². The van der Waals surface area contributed by atoms with E-state index < -0.39 is 29.8 Å². The molecule has 1 fully saturated rings. The molecule has 4 atom stereocenters. The van der Waals surface area contributed by atoms with Gasteiger partial charge in [-0.25, -0.2) is 9.97 Å². The van der Waals surface area contributed by atoms with Gasteiger partial charge in [0.15, 0.2) is 0 Å². The standard InChI is InChI=1S/C25H35N5O4S/c1-13(2)34-11-10-26-24-27-14(3)19(23-29-16-8-6-7-9-18(16)35-23)22(30-24)28-17-12-15(25(4,5)33)20(31)21(17)32/h6-9,13,15,17,20-21,31-33H,10-12H2,1-5H3,(H2,26,27,28,30)/t15-,17+,20+,21-/m0/s1. The normalized spacial score (nSPS) is 22.8. The van der Waals surface area contributed by atoms with E-state index in [0.717, 1.165) is 26.5 Å². The van der Waals surface area contributed by atoms with Gasteiger partial charge >= 0.3 is 0 Å². The number of anilines is 2. The maximum Gasteiger partial charge on any atom is 0.224 e. The first-order chi connectivity index (χ1) is 16.5. The molecule has 2 aromatic heterocycles. The van der Waals surface area contributed by atoms with E-state index in [0.29, 0.717) is 31.3 Å². The predicted octanol–water partition coefficient (Wildman–Crippen LogP) is 3.19. The van der Waals surface area contributed by atoms with Crippen LogP contribution in [-0.2, 0) is 4.74 Å². The average molecular weight is 502 g/mol. The first kappa shape index (κ1) is 25.7. The number of aryl methyl sites for hydroxylation is 1. The van der Waals surface area contributed by atoms with Crippen LogP contribution in [0.1, 0.15) is 39.8 Å². The third kappa shape index (κ3) is 5.73. The highest BCUT2D eigenvalue weighted by Gasteiger charge is 2.47. The Morgan fingerprint density at radius 1 is 1.14 bits per heavy atom. The van der Waals surface area contributed by atoms with Gasteiger partial charge in [-0.05, 0) is 53.2 Å². The van der Waals surface area contributed by atoms with Gasteiger partial charge in [-0.2, -0.15) is 4.98 Å². The number of fused-ring (bicyclic) bond motifs is 1. The number of aliphatic hydroxyl groups excluding tert-OH is 2. The molecule has 1 saturated carbocycles. The minimum absolute atomic E-state index is 0.136. The number of ether oxygens (including phenoxy) is 1. The maximum atomic E-state index is 10.8. The number of nitrogens with zero attached hydrogens (tertiary/aromatic N) is 3. The topological polar surface area (TPSA) is 133 Å². The molecule has 4 rings (SSSR count). The molecule has 2 heterocycles. The van der Waals surface area contributed by atoms with Gasteiger partial charge in [-0.15, -0.1) is 11.3 Å². The molecule has 0 saturated heterocycles. The van der Waals surface area contributed by atoms with Crippen LogP contribution in [0.15, 0.2) is 24.3 Å². The van der Waals surface area contributed by atoms with Crippen molar-refractivity contribution in [3.05, 3.63) is 30.0 Å². The zero-order chi connectivity index (χ0) is 25.3. The van der Waals surface area contributed by atoms with Crippen molar-refractivity contribution in [2.24, 2.45) is 5.92 Å². The third-order valence-corrected chi connectivity index (χ3v) is 7.40. The SMILES string of the molecule is Cc1nc(NCCOC(C)C)nc(N[C@@H]2C[C@H](C(C)(C)O)[C@@H](O)[C@H]2O)c1-c1nc2ccccc2s1. The number of hydrogen-bond donors (Lipinski definition) is 5. The van der Waals surface area contributed by atoms with Crippen LogP contribution in [0.4, 0.5) is 11.8 Å². The maximum absolute atomic E-state index is 10.8. The molecule has 0 radical (unpaired) electrons. The highest BCUT2D eigenvalue weighted by Crippen LogP contribution is 2.40. The Morgan fingerprint density at radius 3 is 2.54 bits per heavy atom. The first-order valence-electron chi connectivity index (χ1n) is 12.0. The van der Waals surface area contributed by atoms with Crippen LogP contribution in [0, 0.1) is 12.8 Å². The Labute approximate surface area is 209 Å². The van der Waals surface area contributed by atoms with E-state index in [2.05, 4.69) is 15.6 Å². The van der Waals surface area contributed by atoms with Crippen molar-refractivity contribution in [3.8, 4) is 10.6 Å². The summed E-state index contributed by atoms with van der Waals surface area (Å²) in [4.78, 5) is 14.2. The molecular formula is C25H35N5O4S. The molecule has 3 aromatic rings. The van der Waals surface area contributed by atoms with Crippen LogP contribution < -0.4 is 10.6 Å². The summed E-state index contributed by atoms with van der Waals surface area (Å²) in [6.45, 7) is 10.2. The lowest BCUT2D eigenvalue weighted by molar-refractivity contribution is -0.0601. The zero-order valence-corrected chi connectivity index (χ0v) is 21.6. The van der Waals surface area contributed by atoms with E-state index in [1.54, 1.807) is 25.2 Å². The number of benzene rings is 1. The first-order valence-corrected chi connectivity index (χ1v) is 12.8. The van der Waals surface area contributed by atoms with Gasteiger partial charge in [0, 0.05) is 12.5 Å². The number of para-hydroxylation sites is 1. The van der Waals surface area contributed by atoms with Crippen LogP contribution in [-0.4, -0.2) is 73.4 Å². The highest BCUT2D eigenvalue weighted by molar-refractivity contribution is 7.21. The molecule has 0 amide bonds. The summed E-state index contributed by atoms with van der Waals surface area (Å²) in [5.74, 6) is 0.486. The van der Waals surface area contributed by atoms with Crippen LogP contribution in [0.2, 0.25) is 0 Å². The molecule has 190 valence electrons. The Bertz CT molecular complexity index is 1130. The average Bonchev–Trinajstić information content (AvgIpc) is 3.32. The van der Waals surface area contributed by atoms with Crippen LogP contribution in [0.3, 0.4) is 0 Å². The second-order valence-electron chi connectivity index (χ2n) is 9.92. The van der Waals surface area contributed by atoms with Crippen molar-refractivity contribution in [3.63, 3.8) is 0 Å². The summed E-state index contributed by atoms with van der Waals surface area (Å²) in [6.07, 6.45) is -1.58. The second kappa shape index (κ2) is 10.3. The number of hydrogen-bond acceptors (Lipinski definition) is 10. The lowest BCUT2D eigenvalue weighted by atomic mass is 9.88. The molecule has 35 heavy (non-hydrogen) atoms. The fourth-order valence-electron chi connectivity index (χ4n) is 4.50. The van der Waals surface area contributed by atoms with Crippen LogP contribution in [0.25, 0.3) is 20.8 Å². The van der Waals surface area contributed by atoms with Gasteiger partial charge < -0.3 is 30.7 Å². The number of aliphatic hydroxyl groups is 3. The molecule has 0 aliphatic heterocycles. The molecule has 0 spiro atoms. The smallest absolute Gasteiger partial charge is 0.224 e. The van der Waals surface area contributed by atoms with Gasteiger partial charge in [-0.1, -0.05) is 12.1 Å². The minimum Gasteiger partial charge on any atom is -0.390 e. The van der Waals surface area contributed by atoms with Crippen LogP contribution in [0.5, 0.6) is 0 Å². The van der Waals surface area contributed by atoms with Gasteiger partial charge in [0.1, 0.15) is 16.9 Å². The summed E-state index contributed by atoms with van der Waals surface area (Å²) in [5, 5.41) is 39.2. The Morgan fingerprint density at radius 2 is 1.89 bits per heavy atom. The highest BCUT2D eigenvalue weighted by atomic mass is 32.1. The largest absolute Gasteiger partial charge is 0.390 e. The Kier molecular flexibility index (Phi) is 7.58. The second-order valence-corrected chi connectivity index (χ2v) is 10.9. The van der Waals surface area contributed by atoms with E-state index in [1.165, 1.54) is 0 Å². The molecule has 1 aliphatic rings. The van der Waals surface area contributed by atoms with Crippen molar-refractivity contribution in [1.82, 2.24) is 15.0 Å². The Balaban J connectivity index is 1.68. The lowest BCUT2D eigenvalue weighted by Gasteiger charge is -2.28. The molecule has 9 nitrogen and oxygen atoms in total. The van der Waals surface area contributed by atoms with E-state index >= 15 is 0 Å². The minimum atomic E-state index is -1.13. The molecular weight excluding hydrogens is 466 g/mol. The quantitative estimate of drug-likeness (QED) is 0.280. The van der Waals surface area contributed by atoms with E-state index in [4.69, 9.17) is 14.7 Å². The van der Waals surface area contributed by atoms with Crippen molar-refractivity contribution in [1.29, 1.82) is 0 Å². The van der Waals surface area contributed by atoms with Gasteiger partial charge in [0.2, 0.25) is 5.95 Å². The number of rotatable bonds is 9. The summed E-state index contributed by atoms with van der Waals surface area (Å²) in [6, 6.07) is 7.42. The predicted molar refractivity (Wildman–Crippen MR) is 139 cm³/mol. The molecule has 1 aliphatic carbocycles. The van der Waals surface area contributed by atoms with Crippen LogP contribution >= 0.6 is 11.3 Å². The molecule has 1 aromatic carbocycles. The molecule has 0 unspecified atom stereocenters. The number of aromatic nitrogens is 3. The van der Waals surface area contributed by atoms with Gasteiger partial charge in [0.25, 0.3) is 0 Å². The molecule has 5 N–H and O–H groups in total. The molecule has 10 heteroatoms.